The monoisotopic (exact) mass is 245 g/mol. The minimum absolute atomic E-state index is 0.00694. The molecule has 0 unspecified atom stereocenters. The van der Waals surface area contributed by atoms with Crippen LogP contribution in [0.1, 0.15) is 29.2 Å². The van der Waals surface area contributed by atoms with Crippen molar-refractivity contribution in [3.8, 4) is 0 Å². The molecule has 2 aromatic rings. The minimum Gasteiger partial charge on any atom is -0.477 e. The minimum atomic E-state index is -1.29. The Morgan fingerprint density at radius 3 is 2.83 bits per heavy atom. The van der Waals surface area contributed by atoms with E-state index in [1.54, 1.807) is 18.3 Å². The molecule has 3 rings (SSSR count). The van der Waals surface area contributed by atoms with Gasteiger partial charge in [-0.1, -0.05) is 0 Å². The number of hydrogen-bond acceptors (Lipinski definition) is 4. The number of aromatic carboxylic acids is 1. The van der Waals surface area contributed by atoms with E-state index in [4.69, 9.17) is 10.8 Å². The lowest BCUT2D eigenvalue weighted by Crippen LogP contribution is -2.28. The molecule has 0 radical (unpaired) electrons. The lowest BCUT2D eigenvalue weighted by Gasteiger charge is -2.12. The van der Waals surface area contributed by atoms with Gasteiger partial charge < -0.3 is 10.8 Å². The number of carboxylic acid groups (broad SMARTS) is 1. The fourth-order valence-corrected chi connectivity index (χ4v) is 2.14. The molecule has 1 fully saturated rings. The molecular weight excluding hydrogens is 234 g/mol. The van der Waals surface area contributed by atoms with Gasteiger partial charge in [-0.2, -0.15) is 0 Å². The first-order valence-corrected chi connectivity index (χ1v) is 5.63. The van der Waals surface area contributed by atoms with Gasteiger partial charge in [-0.25, -0.2) is 9.78 Å². The summed E-state index contributed by atoms with van der Waals surface area (Å²) in [6.45, 7) is 0. The number of pyridine rings is 2. The number of rotatable bonds is 2. The molecule has 0 atom stereocenters. The van der Waals surface area contributed by atoms with Crippen LogP contribution in [0.15, 0.2) is 23.1 Å². The van der Waals surface area contributed by atoms with Crippen LogP contribution in [0, 0.1) is 0 Å². The van der Waals surface area contributed by atoms with Crippen LogP contribution in [0.5, 0.6) is 0 Å². The normalized spacial score (nSPS) is 14.9. The van der Waals surface area contributed by atoms with E-state index in [0.29, 0.717) is 11.0 Å². The van der Waals surface area contributed by atoms with E-state index in [1.807, 2.05) is 0 Å². The summed E-state index contributed by atoms with van der Waals surface area (Å²) in [5.41, 5.74) is 5.31. The number of nitrogens with two attached hydrogens (primary N) is 1. The van der Waals surface area contributed by atoms with Crippen molar-refractivity contribution < 1.29 is 9.90 Å². The molecular formula is C12H11N3O3. The molecule has 1 saturated carbocycles. The van der Waals surface area contributed by atoms with E-state index in [9.17, 15) is 9.59 Å². The molecule has 6 nitrogen and oxygen atoms in total. The molecule has 3 N–H and O–H groups in total. The van der Waals surface area contributed by atoms with Crippen LogP contribution in [0.2, 0.25) is 0 Å². The number of carboxylic acids is 1. The van der Waals surface area contributed by atoms with Gasteiger partial charge in [0.2, 0.25) is 0 Å². The third-order valence-electron chi connectivity index (χ3n) is 3.13. The highest BCUT2D eigenvalue weighted by Crippen LogP contribution is 2.36. The highest BCUT2D eigenvalue weighted by Gasteiger charge is 2.30. The number of aromatic nitrogens is 2. The van der Waals surface area contributed by atoms with Gasteiger partial charge in [-0.15, -0.1) is 0 Å². The zero-order valence-corrected chi connectivity index (χ0v) is 9.46. The molecule has 1 aliphatic rings. The second kappa shape index (κ2) is 3.56. The third-order valence-corrected chi connectivity index (χ3v) is 3.13. The molecule has 6 heteroatoms. The molecule has 18 heavy (non-hydrogen) atoms. The number of hydrogen-bond donors (Lipinski definition) is 2. The fraction of sp³-hybridized carbons (Fsp3) is 0.250. The molecule has 0 bridgehead atoms. The van der Waals surface area contributed by atoms with Gasteiger partial charge >= 0.3 is 5.97 Å². The van der Waals surface area contributed by atoms with Crippen LogP contribution in [-0.2, 0) is 0 Å². The summed E-state index contributed by atoms with van der Waals surface area (Å²) in [5.74, 6) is -1.29. The smallest absolute Gasteiger partial charge is 0.343 e. The lowest BCUT2D eigenvalue weighted by molar-refractivity contribution is 0.0695. The van der Waals surface area contributed by atoms with E-state index in [0.717, 1.165) is 12.8 Å². The van der Waals surface area contributed by atoms with Gasteiger partial charge in [-0.3, -0.25) is 9.36 Å². The van der Waals surface area contributed by atoms with Gasteiger partial charge in [0.05, 0.1) is 5.69 Å². The fourth-order valence-electron chi connectivity index (χ4n) is 2.14. The summed E-state index contributed by atoms with van der Waals surface area (Å²) >= 11 is 0. The first-order chi connectivity index (χ1) is 8.61. The van der Waals surface area contributed by atoms with E-state index in [1.165, 1.54) is 4.57 Å². The zero-order chi connectivity index (χ0) is 12.9. The maximum atomic E-state index is 12.2. The first kappa shape index (κ1) is 10.8. The molecule has 2 aromatic heterocycles. The highest BCUT2D eigenvalue weighted by molar-refractivity contribution is 6.02. The maximum Gasteiger partial charge on any atom is 0.343 e. The van der Waals surface area contributed by atoms with Crippen molar-refractivity contribution in [3.63, 3.8) is 0 Å². The van der Waals surface area contributed by atoms with Gasteiger partial charge in [0, 0.05) is 17.6 Å². The van der Waals surface area contributed by atoms with Crippen molar-refractivity contribution >= 4 is 22.7 Å². The van der Waals surface area contributed by atoms with Gasteiger partial charge in [0.1, 0.15) is 11.2 Å². The SMILES string of the molecule is Nc1c(C(=O)O)c(=O)n(C2CC2)c2ncccc12. The Balaban J connectivity index is 2.51. The maximum absolute atomic E-state index is 12.2. The largest absolute Gasteiger partial charge is 0.477 e. The predicted octanol–water partition coefficient (Wildman–Crippen LogP) is 1.01. The summed E-state index contributed by atoms with van der Waals surface area (Å²) in [5, 5.41) is 9.63. The second-order valence-electron chi connectivity index (χ2n) is 4.37. The highest BCUT2D eigenvalue weighted by atomic mass is 16.4. The number of anilines is 1. The van der Waals surface area contributed by atoms with E-state index >= 15 is 0 Å². The molecule has 0 spiro atoms. The van der Waals surface area contributed by atoms with Crippen molar-refractivity contribution in [1.29, 1.82) is 0 Å². The molecule has 1 aliphatic carbocycles. The van der Waals surface area contributed by atoms with Gasteiger partial charge in [-0.05, 0) is 25.0 Å². The van der Waals surface area contributed by atoms with Gasteiger partial charge in [0.25, 0.3) is 5.56 Å². The van der Waals surface area contributed by atoms with Crippen molar-refractivity contribution in [2.75, 3.05) is 5.73 Å². The van der Waals surface area contributed by atoms with Crippen molar-refractivity contribution in [2.24, 2.45) is 0 Å². The van der Waals surface area contributed by atoms with Gasteiger partial charge in [0.15, 0.2) is 0 Å². The lowest BCUT2D eigenvalue weighted by atomic mass is 10.1. The molecule has 0 saturated heterocycles. The summed E-state index contributed by atoms with van der Waals surface area (Å²) in [4.78, 5) is 27.5. The Labute approximate surface area is 102 Å². The van der Waals surface area contributed by atoms with E-state index in [2.05, 4.69) is 4.98 Å². The first-order valence-electron chi connectivity index (χ1n) is 5.63. The molecule has 0 aliphatic heterocycles. The average Bonchev–Trinajstić information content (AvgIpc) is 3.13. The number of fused-ring (bicyclic) bond motifs is 1. The van der Waals surface area contributed by atoms with Crippen LogP contribution in [0.25, 0.3) is 11.0 Å². The Morgan fingerprint density at radius 2 is 2.22 bits per heavy atom. The quantitative estimate of drug-likeness (QED) is 0.822. The Bertz CT molecular complexity index is 716. The second-order valence-corrected chi connectivity index (χ2v) is 4.37. The van der Waals surface area contributed by atoms with Crippen molar-refractivity contribution in [3.05, 3.63) is 34.2 Å². The predicted molar refractivity (Wildman–Crippen MR) is 65.6 cm³/mol. The van der Waals surface area contributed by atoms with E-state index < -0.39 is 11.5 Å². The number of nitrogen functional groups attached to an aromatic ring is 1. The number of carbonyl (C=O) groups is 1. The average molecular weight is 245 g/mol. The molecule has 0 amide bonds. The Hall–Kier alpha value is -2.37. The zero-order valence-electron chi connectivity index (χ0n) is 9.46. The molecule has 0 aromatic carbocycles. The van der Waals surface area contributed by atoms with Crippen LogP contribution >= 0.6 is 0 Å². The van der Waals surface area contributed by atoms with Crippen molar-refractivity contribution in [1.82, 2.24) is 9.55 Å². The van der Waals surface area contributed by atoms with Crippen LogP contribution < -0.4 is 11.3 Å². The summed E-state index contributed by atoms with van der Waals surface area (Å²) < 4.78 is 1.45. The van der Waals surface area contributed by atoms with Crippen LogP contribution in [0.3, 0.4) is 0 Å². The summed E-state index contributed by atoms with van der Waals surface area (Å²) in [6, 6.07) is 3.41. The van der Waals surface area contributed by atoms with Crippen LogP contribution in [-0.4, -0.2) is 20.6 Å². The number of nitrogens with zero attached hydrogens (tertiary/aromatic N) is 2. The Kier molecular flexibility index (Phi) is 2.13. The van der Waals surface area contributed by atoms with Crippen molar-refractivity contribution in [2.45, 2.75) is 18.9 Å². The standard InChI is InChI=1S/C12H11N3O3/c13-9-7-2-1-5-14-10(7)15(6-3-4-6)11(16)8(9)12(17)18/h1-2,5-6H,3-4,13H2,(H,17,18). The topological polar surface area (TPSA) is 98.2 Å². The Morgan fingerprint density at radius 1 is 1.50 bits per heavy atom. The summed E-state index contributed by atoms with van der Waals surface area (Å²) in [6.07, 6.45) is 3.31. The van der Waals surface area contributed by atoms with Crippen LogP contribution in [0.4, 0.5) is 5.69 Å². The summed E-state index contributed by atoms with van der Waals surface area (Å²) in [7, 11) is 0. The molecule has 92 valence electrons. The van der Waals surface area contributed by atoms with E-state index in [-0.39, 0.29) is 17.3 Å². The third kappa shape index (κ3) is 1.38. The molecule has 2 heterocycles.